The molecule has 0 bridgehead atoms. The second-order valence-corrected chi connectivity index (χ2v) is 5.16. The Kier molecular flexibility index (Phi) is 6.99. The first kappa shape index (κ1) is 16.1. The number of hydrogen-bond acceptors (Lipinski definition) is 2. The minimum Gasteiger partial charge on any atom is -0.383 e. The monoisotopic (exact) mass is 304 g/mol. The van der Waals surface area contributed by atoms with Crippen LogP contribution in [0.1, 0.15) is 12.5 Å². The largest absolute Gasteiger partial charge is 0.383 e. The highest BCUT2D eigenvalue weighted by atomic mass is 35.5. The molecule has 4 nitrogen and oxygen atoms in total. The molecule has 6 heteroatoms. The average Bonchev–Trinajstić information content (AvgIpc) is 2.27. The zero-order chi connectivity index (χ0) is 14.3. The van der Waals surface area contributed by atoms with E-state index in [1.807, 2.05) is 19.1 Å². The summed E-state index contributed by atoms with van der Waals surface area (Å²) in [6.07, 6.45) is 0.673. The van der Waals surface area contributed by atoms with Crippen molar-refractivity contribution in [2.75, 3.05) is 20.3 Å². The van der Waals surface area contributed by atoms with Gasteiger partial charge in [0, 0.05) is 23.7 Å². The molecular weight excluding hydrogens is 287 g/mol. The van der Waals surface area contributed by atoms with Crippen LogP contribution in [0.2, 0.25) is 10.0 Å². The second kappa shape index (κ2) is 8.25. The van der Waals surface area contributed by atoms with Crippen molar-refractivity contribution < 1.29 is 9.53 Å². The smallest absolute Gasteiger partial charge is 0.315 e. The second-order valence-electron chi connectivity index (χ2n) is 4.28. The third-order valence-corrected chi connectivity index (χ3v) is 2.85. The highest BCUT2D eigenvalue weighted by Gasteiger charge is 2.06. The van der Waals surface area contributed by atoms with E-state index in [2.05, 4.69) is 10.6 Å². The van der Waals surface area contributed by atoms with Gasteiger partial charge in [0.15, 0.2) is 0 Å². The lowest BCUT2D eigenvalue weighted by Gasteiger charge is -2.13. The normalized spacial score (nSPS) is 12.0. The number of methoxy groups -OCH3 is 1. The molecule has 0 aliphatic heterocycles. The molecule has 0 spiro atoms. The van der Waals surface area contributed by atoms with Crippen LogP contribution in [-0.4, -0.2) is 32.3 Å². The molecule has 0 saturated heterocycles. The fraction of sp³-hybridized carbons (Fsp3) is 0.462. The summed E-state index contributed by atoms with van der Waals surface area (Å²) in [5, 5.41) is 6.73. The fourth-order valence-electron chi connectivity index (χ4n) is 1.64. The van der Waals surface area contributed by atoms with Gasteiger partial charge in [0.05, 0.1) is 12.6 Å². The summed E-state index contributed by atoms with van der Waals surface area (Å²) in [5.41, 5.74) is 0.989. The number of amides is 2. The molecular formula is C13H18Cl2N2O2. The van der Waals surface area contributed by atoms with E-state index in [1.165, 1.54) is 0 Å². The van der Waals surface area contributed by atoms with Crippen molar-refractivity contribution in [1.82, 2.24) is 10.6 Å². The van der Waals surface area contributed by atoms with Crippen LogP contribution in [0.3, 0.4) is 0 Å². The SMILES string of the molecule is COCC(C)NC(=O)NCCc1cc(Cl)cc(Cl)c1. The summed E-state index contributed by atoms with van der Waals surface area (Å²) in [4.78, 5) is 11.5. The molecule has 1 unspecified atom stereocenters. The zero-order valence-electron chi connectivity index (χ0n) is 11.0. The molecule has 0 aliphatic carbocycles. The number of rotatable bonds is 6. The Labute approximate surface area is 123 Å². The van der Waals surface area contributed by atoms with Crippen molar-refractivity contribution in [2.24, 2.45) is 0 Å². The standard InChI is InChI=1S/C13H18Cl2N2O2/c1-9(8-19-2)17-13(18)16-4-3-10-5-11(14)7-12(15)6-10/h5-7,9H,3-4,8H2,1-2H3,(H2,16,17,18). The molecule has 2 N–H and O–H groups in total. The highest BCUT2D eigenvalue weighted by Crippen LogP contribution is 2.19. The summed E-state index contributed by atoms with van der Waals surface area (Å²) in [6, 6.07) is 5.11. The van der Waals surface area contributed by atoms with Gasteiger partial charge >= 0.3 is 6.03 Å². The topological polar surface area (TPSA) is 50.4 Å². The van der Waals surface area contributed by atoms with Gasteiger partial charge in [-0.1, -0.05) is 23.2 Å². The van der Waals surface area contributed by atoms with Crippen LogP contribution in [0.25, 0.3) is 0 Å². The fourth-order valence-corrected chi connectivity index (χ4v) is 2.21. The molecule has 106 valence electrons. The molecule has 0 heterocycles. The van der Waals surface area contributed by atoms with Gasteiger partial charge in [-0.25, -0.2) is 4.79 Å². The molecule has 2 amide bonds. The quantitative estimate of drug-likeness (QED) is 0.849. The van der Waals surface area contributed by atoms with E-state index in [-0.39, 0.29) is 12.1 Å². The van der Waals surface area contributed by atoms with Crippen LogP contribution in [0.5, 0.6) is 0 Å². The Morgan fingerprint density at radius 3 is 2.53 bits per heavy atom. The molecule has 1 aromatic rings. The van der Waals surface area contributed by atoms with Crippen molar-refractivity contribution in [1.29, 1.82) is 0 Å². The van der Waals surface area contributed by atoms with Crippen molar-refractivity contribution in [3.8, 4) is 0 Å². The van der Waals surface area contributed by atoms with Crippen molar-refractivity contribution >= 4 is 29.2 Å². The average molecular weight is 305 g/mol. The van der Waals surface area contributed by atoms with Gasteiger partial charge < -0.3 is 15.4 Å². The number of ether oxygens (including phenoxy) is 1. The molecule has 1 rings (SSSR count). The van der Waals surface area contributed by atoms with Gasteiger partial charge in [-0.3, -0.25) is 0 Å². The van der Waals surface area contributed by atoms with Gasteiger partial charge in [-0.05, 0) is 37.1 Å². The number of halogens is 2. The number of hydrogen-bond donors (Lipinski definition) is 2. The maximum Gasteiger partial charge on any atom is 0.315 e. The Morgan fingerprint density at radius 2 is 1.95 bits per heavy atom. The maximum absolute atomic E-state index is 11.5. The zero-order valence-corrected chi connectivity index (χ0v) is 12.5. The number of urea groups is 1. The minimum absolute atomic E-state index is 0.0226. The Bertz CT molecular complexity index is 407. The minimum atomic E-state index is -0.210. The number of nitrogens with one attached hydrogen (secondary N) is 2. The maximum atomic E-state index is 11.5. The summed E-state index contributed by atoms with van der Waals surface area (Å²) >= 11 is 11.8. The predicted molar refractivity (Wildman–Crippen MR) is 78.0 cm³/mol. The first-order valence-electron chi connectivity index (χ1n) is 5.99. The first-order valence-corrected chi connectivity index (χ1v) is 6.75. The van der Waals surface area contributed by atoms with Gasteiger partial charge in [-0.15, -0.1) is 0 Å². The lowest BCUT2D eigenvalue weighted by Crippen LogP contribution is -2.43. The van der Waals surface area contributed by atoms with E-state index >= 15 is 0 Å². The lowest BCUT2D eigenvalue weighted by atomic mass is 10.1. The number of carbonyl (C=O) groups excluding carboxylic acids is 1. The Balaban J connectivity index is 2.31. The molecule has 0 aliphatic rings. The third-order valence-electron chi connectivity index (χ3n) is 2.42. The lowest BCUT2D eigenvalue weighted by molar-refractivity contribution is 0.171. The summed E-state index contributed by atoms with van der Waals surface area (Å²) in [5.74, 6) is 0. The number of benzene rings is 1. The predicted octanol–water partition coefficient (Wildman–Crippen LogP) is 2.87. The van der Waals surface area contributed by atoms with Gasteiger partial charge in [-0.2, -0.15) is 0 Å². The molecule has 0 aromatic heterocycles. The first-order chi connectivity index (χ1) is 9.01. The van der Waals surface area contributed by atoms with Crippen LogP contribution in [0, 0.1) is 0 Å². The van der Waals surface area contributed by atoms with Crippen LogP contribution >= 0.6 is 23.2 Å². The van der Waals surface area contributed by atoms with Crippen LogP contribution in [-0.2, 0) is 11.2 Å². The Morgan fingerprint density at radius 1 is 1.32 bits per heavy atom. The van der Waals surface area contributed by atoms with E-state index in [0.29, 0.717) is 29.6 Å². The third kappa shape index (κ3) is 6.66. The van der Waals surface area contributed by atoms with Crippen LogP contribution in [0.15, 0.2) is 18.2 Å². The summed E-state index contributed by atoms with van der Waals surface area (Å²) in [7, 11) is 1.60. The molecule has 19 heavy (non-hydrogen) atoms. The van der Waals surface area contributed by atoms with E-state index < -0.39 is 0 Å². The van der Waals surface area contributed by atoms with E-state index in [9.17, 15) is 4.79 Å². The van der Waals surface area contributed by atoms with Gasteiger partial charge in [0.2, 0.25) is 0 Å². The number of carbonyl (C=O) groups is 1. The molecule has 1 aromatic carbocycles. The van der Waals surface area contributed by atoms with Crippen LogP contribution in [0.4, 0.5) is 4.79 Å². The van der Waals surface area contributed by atoms with E-state index in [0.717, 1.165) is 5.56 Å². The van der Waals surface area contributed by atoms with E-state index in [4.69, 9.17) is 27.9 Å². The van der Waals surface area contributed by atoms with Crippen molar-refractivity contribution in [3.63, 3.8) is 0 Å². The summed E-state index contributed by atoms with van der Waals surface area (Å²) in [6.45, 7) is 2.87. The van der Waals surface area contributed by atoms with E-state index in [1.54, 1.807) is 13.2 Å². The van der Waals surface area contributed by atoms with Gasteiger partial charge in [0.1, 0.15) is 0 Å². The molecule has 0 radical (unpaired) electrons. The van der Waals surface area contributed by atoms with Crippen molar-refractivity contribution in [2.45, 2.75) is 19.4 Å². The molecule has 0 fully saturated rings. The van der Waals surface area contributed by atoms with Gasteiger partial charge in [0.25, 0.3) is 0 Å². The van der Waals surface area contributed by atoms with Crippen molar-refractivity contribution in [3.05, 3.63) is 33.8 Å². The molecule has 0 saturated carbocycles. The molecule has 1 atom stereocenters. The highest BCUT2D eigenvalue weighted by molar-refractivity contribution is 6.34. The Hall–Kier alpha value is -0.970. The summed E-state index contributed by atoms with van der Waals surface area (Å²) < 4.78 is 4.93. The van der Waals surface area contributed by atoms with Crippen LogP contribution < -0.4 is 10.6 Å².